The van der Waals surface area contributed by atoms with Gasteiger partial charge in [0.1, 0.15) is 0 Å². The van der Waals surface area contributed by atoms with Gasteiger partial charge in [0.15, 0.2) is 0 Å². The number of unbranched alkanes of at least 4 members (excludes halogenated alkanes) is 40. The highest BCUT2D eigenvalue weighted by atomic mass is 16.5. The first-order valence-electron chi connectivity index (χ1n) is 28.6. The first kappa shape index (κ1) is 62.3. The summed E-state index contributed by atoms with van der Waals surface area (Å²) in [6.45, 7) is 4.85. The Kier molecular flexibility index (Phi) is 52.6. The molecule has 0 aromatic rings. The van der Waals surface area contributed by atoms with Crippen LogP contribution in [-0.4, -0.2) is 47.4 Å². The summed E-state index contributed by atoms with van der Waals surface area (Å²) in [5, 5.41) is 23.1. The third-order valence-corrected chi connectivity index (χ3v) is 13.2. The Morgan fingerprint density at radius 1 is 0.422 bits per heavy atom. The second kappa shape index (κ2) is 54.0. The molecule has 0 aliphatic carbocycles. The molecule has 2 atom stereocenters. The number of aliphatic hydroxyl groups excluding tert-OH is 2. The highest BCUT2D eigenvalue weighted by molar-refractivity contribution is 5.76. The Hall–Kier alpha value is -1.66. The van der Waals surface area contributed by atoms with E-state index in [1.165, 1.54) is 225 Å². The molecule has 2 unspecified atom stereocenters. The second-order valence-electron chi connectivity index (χ2n) is 19.6. The van der Waals surface area contributed by atoms with Crippen molar-refractivity contribution in [3.63, 3.8) is 0 Å². The van der Waals surface area contributed by atoms with Gasteiger partial charge in [0.05, 0.1) is 25.4 Å². The Morgan fingerprint density at radius 3 is 1.11 bits per heavy atom. The van der Waals surface area contributed by atoms with Crippen LogP contribution in [0.15, 0.2) is 24.3 Å². The van der Waals surface area contributed by atoms with Crippen LogP contribution in [0.5, 0.6) is 0 Å². The van der Waals surface area contributed by atoms with Crippen molar-refractivity contribution >= 4 is 11.9 Å². The number of carbonyl (C=O) groups excluding carboxylic acids is 2. The van der Waals surface area contributed by atoms with E-state index >= 15 is 0 Å². The summed E-state index contributed by atoms with van der Waals surface area (Å²) in [6.07, 6.45) is 64.8. The predicted octanol–water partition coefficient (Wildman–Crippen LogP) is 17.5. The van der Waals surface area contributed by atoms with Crippen LogP contribution in [0, 0.1) is 0 Å². The molecule has 0 saturated heterocycles. The van der Waals surface area contributed by atoms with Gasteiger partial charge in [-0.1, -0.05) is 263 Å². The van der Waals surface area contributed by atoms with E-state index in [1.807, 2.05) is 6.08 Å². The Labute approximate surface area is 399 Å². The minimum Gasteiger partial charge on any atom is -0.466 e. The molecule has 0 heterocycles. The largest absolute Gasteiger partial charge is 0.466 e. The van der Waals surface area contributed by atoms with Gasteiger partial charge in [0.25, 0.3) is 0 Å². The summed E-state index contributed by atoms with van der Waals surface area (Å²) in [5.41, 5.74) is 0. The van der Waals surface area contributed by atoms with Crippen LogP contribution in [0.3, 0.4) is 0 Å². The van der Waals surface area contributed by atoms with Crippen LogP contribution < -0.4 is 5.32 Å². The van der Waals surface area contributed by atoms with E-state index in [9.17, 15) is 19.8 Å². The molecule has 0 radical (unpaired) electrons. The Balaban J connectivity index is 3.51. The maximum absolute atomic E-state index is 12.5. The first-order valence-corrected chi connectivity index (χ1v) is 28.6. The highest BCUT2D eigenvalue weighted by Crippen LogP contribution is 2.17. The van der Waals surface area contributed by atoms with Crippen LogP contribution >= 0.6 is 0 Å². The van der Waals surface area contributed by atoms with Crippen molar-refractivity contribution in [2.45, 2.75) is 321 Å². The normalized spacial score (nSPS) is 12.8. The van der Waals surface area contributed by atoms with Gasteiger partial charge in [-0.15, -0.1) is 0 Å². The van der Waals surface area contributed by atoms with Crippen molar-refractivity contribution in [2.24, 2.45) is 0 Å². The van der Waals surface area contributed by atoms with E-state index in [0.29, 0.717) is 19.4 Å². The Bertz CT molecular complexity index is 997. The number of carbonyl (C=O) groups is 2. The van der Waals surface area contributed by atoms with Crippen LogP contribution in [-0.2, 0) is 14.3 Å². The second-order valence-corrected chi connectivity index (χ2v) is 19.6. The lowest BCUT2D eigenvalue weighted by Crippen LogP contribution is -2.45. The summed E-state index contributed by atoms with van der Waals surface area (Å²) in [7, 11) is 0. The molecule has 6 heteroatoms. The zero-order chi connectivity index (χ0) is 46.5. The van der Waals surface area contributed by atoms with E-state index in [4.69, 9.17) is 4.74 Å². The third-order valence-electron chi connectivity index (χ3n) is 13.2. The van der Waals surface area contributed by atoms with Gasteiger partial charge in [-0.05, 0) is 57.8 Å². The van der Waals surface area contributed by atoms with Gasteiger partial charge in [-0.25, -0.2) is 0 Å². The summed E-state index contributed by atoms with van der Waals surface area (Å²) >= 11 is 0. The number of ether oxygens (including phenoxy) is 1. The SMILES string of the molecule is CCCCCCCC/C=C\CCCCCCCCCC(=O)OCCCCCCCCCCCC(=O)NC(CO)C(O)/C=C/CCCCCCCCCCCCCCCCCCCCC. The number of nitrogens with one attached hydrogen (secondary N) is 1. The lowest BCUT2D eigenvalue weighted by Gasteiger charge is -2.20. The number of esters is 1. The van der Waals surface area contributed by atoms with Crippen LogP contribution in [0.25, 0.3) is 0 Å². The van der Waals surface area contributed by atoms with Crippen molar-refractivity contribution < 1.29 is 24.5 Å². The molecule has 0 rings (SSSR count). The fourth-order valence-electron chi connectivity index (χ4n) is 8.81. The molecule has 0 aliphatic heterocycles. The molecule has 6 nitrogen and oxygen atoms in total. The predicted molar refractivity (Wildman–Crippen MR) is 278 cm³/mol. The summed E-state index contributed by atoms with van der Waals surface area (Å²) in [6, 6.07) is -0.649. The molecule has 1 amide bonds. The standard InChI is InChI=1S/C58H111NO5/c1-3-5-7-9-11-13-15-17-19-21-22-23-24-26-27-29-31-34-38-42-46-50-56(61)55(54-60)59-57(62)51-47-43-39-35-33-37-41-45-49-53-64-58(63)52-48-44-40-36-32-30-28-25-20-18-16-14-12-10-8-6-4-2/h18,20,46,50,55-56,60-61H,3-17,19,21-45,47-49,51-54H2,1-2H3,(H,59,62)/b20-18-,50-46+. The smallest absolute Gasteiger partial charge is 0.305 e. The molecule has 0 fully saturated rings. The summed E-state index contributed by atoms with van der Waals surface area (Å²) < 4.78 is 5.46. The maximum Gasteiger partial charge on any atom is 0.305 e. The number of rotatable bonds is 53. The highest BCUT2D eigenvalue weighted by Gasteiger charge is 2.18. The van der Waals surface area contributed by atoms with Gasteiger partial charge in [-0.2, -0.15) is 0 Å². The monoisotopic (exact) mass is 902 g/mol. The molecular weight excluding hydrogens is 791 g/mol. The molecule has 0 saturated carbocycles. The van der Waals surface area contributed by atoms with E-state index in [1.54, 1.807) is 6.08 Å². The average molecular weight is 903 g/mol. The van der Waals surface area contributed by atoms with Gasteiger partial charge in [0, 0.05) is 12.8 Å². The zero-order valence-electron chi connectivity index (χ0n) is 43.0. The lowest BCUT2D eigenvalue weighted by atomic mass is 10.0. The van der Waals surface area contributed by atoms with Crippen LogP contribution in [0.1, 0.15) is 309 Å². The van der Waals surface area contributed by atoms with Crippen molar-refractivity contribution in [3.05, 3.63) is 24.3 Å². The molecule has 3 N–H and O–H groups in total. The average Bonchev–Trinajstić information content (AvgIpc) is 3.29. The number of amides is 1. The Morgan fingerprint density at radius 2 is 0.734 bits per heavy atom. The maximum atomic E-state index is 12.5. The van der Waals surface area contributed by atoms with Gasteiger partial charge >= 0.3 is 5.97 Å². The lowest BCUT2D eigenvalue weighted by molar-refractivity contribution is -0.143. The molecule has 0 spiro atoms. The molecule has 0 bridgehead atoms. The van der Waals surface area contributed by atoms with E-state index < -0.39 is 12.1 Å². The van der Waals surface area contributed by atoms with Crippen molar-refractivity contribution in [2.75, 3.05) is 13.2 Å². The fraction of sp³-hybridized carbons (Fsp3) is 0.897. The van der Waals surface area contributed by atoms with E-state index in [2.05, 4.69) is 31.3 Å². The first-order chi connectivity index (χ1) is 31.5. The molecular formula is C58H111NO5. The minimum absolute atomic E-state index is 0.0300. The third kappa shape index (κ3) is 49.8. The van der Waals surface area contributed by atoms with Crippen LogP contribution in [0.2, 0.25) is 0 Å². The zero-order valence-corrected chi connectivity index (χ0v) is 43.0. The van der Waals surface area contributed by atoms with Gasteiger partial charge in [0.2, 0.25) is 5.91 Å². The number of hydrogen-bond donors (Lipinski definition) is 3. The van der Waals surface area contributed by atoms with Crippen molar-refractivity contribution in [3.8, 4) is 0 Å². The minimum atomic E-state index is -0.863. The van der Waals surface area contributed by atoms with E-state index in [-0.39, 0.29) is 18.5 Å². The number of hydrogen-bond acceptors (Lipinski definition) is 5. The quantitative estimate of drug-likeness (QED) is 0.0321. The number of allylic oxidation sites excluding steroid dienone is 3. The van der Waals surface area contributed by atoms with Crippen LogP contribution in [0.4, 0.5) is 0 Å². The summed E-state index contributed by atoms with van der Waals surface area (Å²) in [5.74, 6) is -0.123. The molecule has 64 heavy (non-hydrogen) atoms. The van der Waals surface area contributed by atoms with Crippen molar-refractivity contribution in [1.29, 1.82) is 0 Å². The van der Waals surface area contributed by atoms with Crippen molar-refractivity contribution in [1.82, 2.24) is 5.32 Å². The molecule has 378 valence electrons. The van der Waals surface area contributed by atoms with E-state index in [0.717, 1.165) is 57.8 Å². The summed E-state index contributed by atoms with van der Waals surface area (Å²) in [4.78, 5) is 24.5. The molecule has 0 aromatic carbocycles. The molecule has 0 aromatic heterocycles. The topological polar surface area (TPSA) is 95.9 Å². The molecule has 0 aliphatic rings. The van der Waals surface area contributed by atoms with Gasteiger partial charge in [-0.3, -0.25) is 9.59 Å². The fourth-order valence-corrected chi connectivity index (χ4v) is 8.81. The van der Waals surface area contributed by atoms with Gasteiger partial charge < -0.3 is 20.3 Å². The number of aliphatic hydroxyl groups is 2.